The molecule has 104 valence electrons. The summed E-state index contributed by atoms with van der Waals surface area (Å²) in [7, 11) is -2.29. The number of hydrogen-bond acceptors (Lipinski definition) is 5. The van der Waals surface area contributed by atoms with E-state index in [9.17, 15) is 13.2 Å². The molecule has 0 saturated heterocycles. The van der Waals surface area contributed by atoms with Gasteiger partial charge in [0.05, 0.1) is 25.4 Å². The SMILES string of the molecule is COC(=O)CCS(=O)(=O)N(CCC#N)CC(C)C. The molecule has 18 heavy (non-hydrogen) atoms. The van der Waals surface area contributed by atoms with Gasteiger partial charge in [0, 0.05) is 19.5 Å². The predicted octanol–water partition coefficient (Wildman–Crippen LogP) is 0.751. The minimum Gasteiger partial charge on any atom is -0.469 e. The highest BCUT2D eigenvalue weighted by Gasteiger charge is 2.23. The number of nitriles is 1. The molecule has 0 aromatic heterocycles. The van der Waals surface area contributed by atoms with Crippen LogP contribution in [0.1, 0.15) is 26.7 Å². The molecule has 0 heterocycles. The highest BCUT2D eigenvalue weighted by atomic mass is 32.2. The molecule has 0 saturated carbocycles. The third-order valence-corrected chi connectivity index (χ3v) is 4.07. The van der Waals surface area contributed by atoms with Gasteiger partial charge in [0.25, 0.3) is 0 Å². The minimum atomic E-state index is -3.51. The Kier molecular flexibility index (Phi) is 7.55. The molecule has 0 aromatic carbocycles. The van der Waals surface area contributed by atoms with Crippen molar-refractivity contribution in [3.63, 3.8) is 0 Å². The van der Waals surface area contributed by atoms with Crippen molar-refractivity contribution >= 4 is 16.0 Å². The van der Waals surface area contributed by atoms with Crippen LogP contribution in [0.15, 0.2) is 0 Å². The third kappa shape index (κ3) is 6.57. The van der Waals surface area contributed by atoms with Gasteiger partial charge in [0.2, 0.25) is 10.0 Å². The topological polar surface area (TPSA) is 87.5 Å². The zero-order chi connectivity index (χ0) is 14.2. The van der Waals surface area contributed by atoms with Gasteiger partial charge in [-0.15, -0.1) is 0 Å². The highest BCUT2D eigenvalue weighted by molar-refractivity contribution is 7.89. The molecular formula is C11H20N2O4S. The lowest BCUT2D eigenvalue weighted by Gasteiger charge is -2.22. The fourth-order valence-electron chi connectivity index (χ4n) is 1.37. The maximum atomic E-state index is 12.0. The van der Waals surface area contributed by atoms with Crippen LogP contribution >= 0.6 is 0 Å². The molecule has 0 N–H and O–H groups in total. The number of sulfonamides is 1. The van der Waals surface area contributed by atoms with Gasteiger partial charge >= 0.3 is 5.97 Å². The molecule has 0 atom stereocenters. The molecular weight excluding hydrogens is 256 g/mol. The van der Waals surface area contributed by atoms with Crippen LogP contribution in [0.2, 0.25) is 0 Å². The molecule has 0 unspecified atom stereocenters. The number of carbonyl (C=O) groups excluding carboxylic acids is 1. The predicted molar refractivity (Wildman–Crippen MR) is 67.1 cm³/mol. The Bertz CT molecular complexity index is 398. The molecule has 0 aliphatic rings. The summed E-state index contributed by atoms with van der Waals surface area (Å²) >= 11 is 0. The lowest BCUT2D eigenvalue weighted by atomic mass is 10.2. The number of methoxy groups -OCH3 is 1. The first-order valence-corrected chi connectivity index (χ1v) is 7.36. The van der Waals surface area contributed by atoms with E-state index in [2.05, 4.69) is 4.74 Å². The fraction of sp³-hybridized carbons (Fsp3) is 0.818. The number of carbonyl (C=O) groups is 1. The van der Waals surface area contributed by atoms with E-state index in [1.165, 1.54) is 11.4 Å². The summed E-state index contributed by atoms with van der Waals surface area (Å²) in [5, 5.41) is 8.53. The quantitative estimate of drug-likeness (QED) is 0.610. The van der Waals surface area contributed by atoms with E-state index in [0.717, 1.165) is 0 Å². The Morgan fingerprint density at radius 2 is 2.06 bits per heavy atom. The van der Waals surface area contributed by atoms with Crippen molar-refractivity contribution in [2.75, 3.05) is 26.0 Å². The van der Waals surface area contributed by atoms with Crippen molar-refractivity contribution in [1.82, 2.24) is 4.31 Å². The Balaban J connectivity index is 4.64. The van der Waals surface area contributed by atoms with Crippen LogP contribution < -0.4 is 0 Å². The van der Waals surface area contributed by atoms with Crippen molar-refractivity contribution in [2.45, 2.75) is 26.7 Å². The summed E-state index contributed by atoms with van der Waals surface area (Å²) in [6, 6.07) is 1.92. The van der Waals surface area contributed by atoms with Crippen LogP contribution in [-0.2, 0) is 19.6 Å². The fourth-order valence-corrected chi connectivity index (χ4v) is 2.95. The van der Waals surface area contributed by atoms with Gasteiger partial charge in [0.1, 0.15) is 0 Å². The first-order chi connectivity index (χ1) is 8.33. The summed E-state index contributed by atoms with van der Waals surface area (Å²) in [4.78, 5) is 11.0. The van der Waals surface area contributed by atoms with Gasteiger partial charge in [-0.3, -0.25) is 4.79 Å². The minimum absolute atomic E-state index is 0.143. The Hall–Kier alpha value is -1.13. The summed E-state index contributed by atoms with van der Waals surface area (Å²) < 4.78 is 29.7. The van der Waals surface area contributed by atoms with Crippen molar-refractivity contribution < 1.29 is 17.9 Å². The average Bonchev–Trinajstić information content (AvgIpc) is 2.30. The van der Waals surface area contributed by atoms with Crippen LogP contribution in [0, 0.1) is 17.2 Å². The van der Waals surface area contributed by atoms with E-state index in [-0.39, 0.29) is 31.1 Å². The second kappa shape index (κ2) is 8.06. The van der Waals surface area contributed by atoms with E-state index in [1.54, 1.807) is 0 Å². The largest absolute Gasteiger partial charge is 0.469 e. The molecule has 0 rings (SSSR count). The van der Waals surface area contributed by atoms with Crippen LogP contribution in [0.4, 0.5) is 0 Å². The lowest BCUT2D eigenvalue weighted by Crippen LogP contribution is -2.37. The molecule has 0 aromatic rings. The third-order valence-electron chi connectivity index (χ3n) is 2.23. The highest BCUT2D eigenvalue weighted by Crippen LogP contribution is 2.09. The van der Waals surface area contributed by atoms with E-state index in [1.807, 2.05) is 19.9 Å². The number of ether oxygens (including phenoxy) is 1. The van der Waals surface area contributed by atoms with Crippen molar-refractivity contribution in [2.24, 2.45) is 5.92 Å². The van der Waals surface area contributed by atoms with Gasteiger partial charge < -0.3 is 4.74 Å². The van der Waals surface area contributed by atoms with E-state index in [4.69, 9.17) is 5.26 Å². The lowest BCUT2D eigenvalue weighted by molar-refractivity contribution is -0.140. The van der Waals surface area contributed by atoms with Crippen LogP contribution in [0.5, 0.6) is 0 Å². The van der Waals surface area contributed by atoms with E-state index < -0.39 is 16.0 Å². The van der Waals surface area contributed by atoms with Gasteiger partial charge in [-0.05, 0) is 5.92 Å². The molecule has 0 bridgehead atoms. The molecule has 0 radical (unpaired) electrons. The second-order valence-corrected chi connectivity index (χ2v) is 6.39. The Morgan fingerprint density at radius 1 is 1.44 bits per heavy atom. The van der Waals surface area contributed by atoms with Crippen molar-refractivity contribution in [1.29, 1.82) is 5.26 Å². The van der Waals surface area contributed by atoms with E-state index >= 15 is 0 Å². The zero-order valence-corrected chi connectivity index (χ0v) is 11.9. The molecule has 0 fully saturated rings. The molecule has 6 nitrogen and oxygen atoms in total. The zero-order valence-electron chi connectivity index (χ0n) is 11.0. The maximum Gasteiger partial charge on any atom is 0.306 e. The smallest absolute Gasteiger partial charge is 0.306 e. The molecule has 0 aliphatic heterocycles. The van der Waals surface area contributed by atoms with Crippen LogP contribution in [0.25, 0.3) is 0 Å². The van der Waals surface area contributed by atoms with Crippen molar-refractivity contribution in [3.05, 3.63) is 0 Å². The number of hydrogen-bond donors (Lipinski definition) is 0. The monoisotopic (exact) mass is 276 g/mol. The first-order valence-electron chi connectivity index (χ1n) is 5.75. The molecule has 0 aliphatic carbocycles. The Morgan fingerprint density at radius 3 is 2.50 bits per heavy atom. The van der Waals surface area contributed by atoms with Gasteiger partial charge in [-0.1, -0.05) is 13.8 Å². The van der Waals surface area contributed by atoms with Crippen LogP contribution in [-0.4, -0.2) is 44.6 Å². The molecule has 0 amide bonds. The standard InChI is InChI=1S/C11H20N2O4S/c1-10(2)9-13(7-4-6-12)18(15,16)8-5-11(14)17-3/h10H,4-5,7-9H2,1-3H3. The summed E-state index contributed by atoms with van der Waals surface area (Å²) in [6.07, 6.45) is -0.0237. The van der Waals surface area contributed by atoms with Crippen molar-refractivity contribution in [3.8, 4) is 6.07 Å². The summed E-state index contributed by atoms with van der Waals surface area (Å²) in [6.45, 7) is 4.31. The normalized spacial score (nSPS) is 11.6. The van der Waals surface area contributed by atoms with Crippen LogP contribution in [0.3, 0.4) is 0 Å². The maximum absolute atomic E-state index is 12.0. The average molecular weight is 276 g/mol. The molecule has 0 spiro atoms. The van der Waals surface area contributed by atoms with E-state index in [0.29, 0.717) is 6.54 Å². The Labute approximate surface area is 109 Å². The number of rotatable bonds is 8. The summed E-state index contributed by atoms with van der Waals surface area (Å²) in [5.41, 5.74) is 0. The number of esters is 1. The summed E-state index contributed by atoms with van der Waals surface area (Å²) in [5.74, 6) is -0.669. The number of nitrogens with zero attached hydrogens (tertiary/aromatic N) is 2. The van der Waals surface area contributed by atoms with Gasteiger partial charge in [0.15, 0.2) is 0 Å². The second-order valence-electron chi connectivity index (χ2n) is 4.30. The van der Waals surface area contributed by atoms with Gasteiger partial charge in [-0.2, -0.15) is 5.26 Å². The van der Waals surface area contributed by atoms with Gasteiger partial charge in [-0.25, -0.2) is 12.7 Å². The first kappa shape index (κ1) is 16.9. The molecule has 7 heteroatoms.